The second-order valence-corrected chi connectivity index (χ2v) is 5.61. The number of halogens is 3. The predicted molar refractivity (Wildman–Crippen MR) is 88.5 cm³/mol. The highest BCUT2D eigenvalue weighted by molar-refractivity contribution is 6.09. The molecular weight excluding hydrogens is 349 g/mol. The fourth-order valence-electron chi connectivity index (χ4n) is 2.54. The molecule has 6 nitrogen and oxygen atoms in total. The van der Waals surface area contributed by atoms with Gasteiger partial charge in [0.15, 0.2) is 6.10 Å². The molecule has 3 aromatic rings. The number of nitrogens with two attached hydrogens (primary N) is 1. The molecule has 26 heavy (non-hydrogen) atoms. The Morgan fingerprint density at radius 2 is 2.04 bits per heavy atom. The Morgan fingerprint density at radius 3 is 2.73 bits per heavy atom. The number of hydrogen-bond donors (Lipinski definition) is 3. The maximum absolute atomic E-state index is 12.8. The molecule has 0 spiro atoms. The van der Waals surface area contributed by atoms with Crippen molar-refractivity contribution in [3.63, 3.8) is 0 Å². The van der Waals surface area contributed by atoms with Crippen molar-refractivity contribution in [2.24, 2.45) is 5.73 Å². The lowest BCUT2D eigenvalue weighted by atomic mass is 10.1. The van der Waals surface area contributed by atoms with E-state index in [1.165, 1.54) is 28.9 Å². The molecule has 0 radical (unpaired) electrons. The largest absolute Gasteiger partial charge is 0.418 e. The van der Waals surface area contributed by atoms with E-state index in [9.17, 15) is 23.1 Å². The lowest BCUT2D eigenvalue weighted by molar-refractivity contribution is -0.206. The van der Waals surface area contributed by atoms with Crippen molar-refractivity contribution < 1.29 is 23.1 Å². The van der Waals surface area contributed by atoms with Crippen LogP contribution in [0.4, 0.5) is 18.9 Å². The average molecular weight is 364 g/mol. The van der Waals surface area contributed by atoms with Gasteiger partial charge in [0.25, 0.3) is 5.91 Å². The summed E-state index contributed by atoms with van der Waals surface area (Å²) in [6.07, 6.45) is -4.60. The lowest BCUT2D eigenvalue weighted by Crippen LogP contribution is -2.22. The molecule has 2 heterocycles. The number of aliphatic hydroxyl groups excluding tert-OH is 1. The van der Waals surface area contributed by atoms with Gasteiger partial charge in [-0.1, -0.05) is 18.2 Å². The molecule has 0 saturated carbocycles. The van der Waals surface area contributed by atoms with Gasteiger partial charge >= 0.3 is 6.18 Å². The number of carbonyl (C=O) groups is 1. The molecule has 1 atom stereocenters. The molecule has 0 fully saturated rings. The van der Waals surface area contributed by atoms with Crippen LogP contribution in [0, 0.1) is 0 Å². The fraction of sp³-hybridized carbons (Fsp3) is 0.176. The summed E-state index contributed by atoms with van der Waals surface area (Å²) in [4.78, 5) is 12.6. The predicted octanol–water partition coefficient (Wildman–Crippen LogP) is 2.64. The highest BCUT2D eigenvalue weighted by Gasteiger charge is 2.40. The standard InChI is InChI=1S/C17H15F3N4O2/c18-17(19,20)15(25)11-3-1-2-4-13(11)23-16(26)12-9-22-24-6-5-10(8-21)7-14(12)24/h1-7,9,15,25H,8,21H2,(H,23,26). The maximum Gasteiger partial charge on any atom is 0.418 e. The first-order valence-electron chi connectivity index (χ1n) is 7.62. The topological polar surface area (TPSA) is 92.7 Å². The summed E-state index contributed by atoms with van der Waals surface area (Å²) in [6, 6.07) is 8.64. The monoisotopic (exact) mass is 364 g/mol. The van der Waals surface area contributed by atoms with Gasteiger partial charge in [0.1, 0.15) is 0 Å². The molecule has 0 bridgehead atoms. The summed E-state index contributed by atoms with van der Waals surface area (Å²) in [5.41, 5.74) is 6.45. The van der Waals surface area contributed by atoms with Crippen molar-refractivity contribution in [2.45, 2.75) is 18.8 Å². The number of carbonyl (C=O) groups excluding carboxylic acids is 1. The van der Waals surface area contributed by atoms with Crippen LogP contribution in [0.3, 0.4) is 0 Å². The Labute approximate surface area is 146 Å². The van der Waals surface area contributed by atoms with Crippen LogP contribution in [0.5, 0.6) is 0 Å². The number of fused-ring (bicyclic) bond motifs is 1. The van der Waals surface area contributed by atoms with Gasteiger partial charge in [0.2, 0.25) is 0 Å². The van der Waals surface area contributed by atoms with Gasteiger partial charge in [-0.2, -0.15) is 18.3 Å². The van der Waals surface area contributed by atoms with Crippen molar-refractivity contribution >= 4 is 17.1 Å². The van der Waals surface area contributed by atoms with Gasteiger partial charge in [0.05, 0.1) is 17.3 Å². The number of aromatic nitrogens is 2. The van der Waals surface area contributed by atoms with E-state index in [0.29, 0.717) is 5.52 Å². The molecule has 0 aliphatic rings. The number of nitrogens with zero attached hydrogens (tertiary/aromatic N) is 2. The summed E-state index contributed by atoms with van der Waals surface area (Å²) in [5.74, 6) is -0.643. The van der Waals surface area contributed by atoms with E-state index in [-0.39, 0.29) is 17.8 Å². The second kappa shape index (κ2) is 6.77. The van der Waals surface area contributed by atoms with Crippen molar-refractivity contribution in [3.8, 4) is 0 Å². The van der Waals surface area contributed by atoms with Crippen LogP contribution in [0.1, 0.15) is 27.6 Å². The lowest BCUT2D eigenvalue weighted by Gasteiger charge is -2.18. The molecule has 9 heteroatoms. The zero-order valence-electron chi connectivity index (χ0n) is 13.4. The quantitative estimate of drug-likeness (QED) is 0.664. The summed E-state index contributed by atoms with van der Waals surface area (Å²) < 4.78 is 40.0. The minimum absolute atomic E-state index is 0.128. The number of benzene rings is 1. The number of rotatable bonds is 4. The van der Waals surface area contributed by atoms with E-state index in [4.69, 9.17) is 5.73 Å². The zero-order chi connectivity index (χ0) is 18.9. The van der Waals surface area contributed by atoms with Crippen LogP contribution in [0.25, 0.3) is 5.52 Å². The van der Waals surface area contributed by atoms with Gasteiger partial charge in [-0.3, -0.25) is 4.79 Å². The molecule has 0 saturated heterocycles. The van der Waals surface area contributed by atoms with Crippen LogP contribution in [-0.4, -0.2) is 26.8 Å². The summed E-state index contributed by atoms with van der Waals surface area (Å²) in [5, 5.41) is 16.0. The number of para-hydroxylation sites is 1. The molecule has 1 amide bonds. The number of aliphatic hydroxyl groups is 1. The number of pyridine rings is 1. The average Bonchev–Trinajstić information content (AvgIpc) is 3.03. The van der Waals surface area contributed by atoms with E-state index in [0.717, 1.165) is 11.6 Å². The highest BCUT2D eigenvalue weighted by Crippen LogP contribution is 2.36. The van der Waals surface area contributed by atoms with E-state index < -0.39 is 23.8 Å². The number of alkyl halides is 3. The van der Waals surface area contributed by atoms with Crippen molar-refractivity contribution in [1.29, 1.82) is 0 Å². The van der Waals surface area contributed by atoms with Crippen molar-refractivity contribution in [2.75, 3.05) is 5.32 Å². The minimum atomic E-state index is -4.85. The first-order valence-corrected chi connectivity index (χ1v) is 7.62. The Kier molecular flexibility index (Phi) is 4.66. The number of amides is 1. The third-order valence-corrected chi connectivity index (χ3v) is 3.88. The second-order valence-electron chi connectivity index (χ2n) is 5.61. The number of anilines is 1. The molecule has 3 rings (SSSR count). The smallest absolute Gasteiger partial charge is 0.379 e. The van der Waals surface area contributed by atoms with E-state index in [1.807, 2.05) is 0 Å². The van der Waals surface area contributed by atoms with Crippen LogP contribution < -0.4 is 11.1 Å². The highest BCUT2D eigenvalue weighted by atomic mass is 19.4. The normalized spacial score (nSPS) is 13.0. The van der Waals surface area contributed by atoms with Crippen LogP contribution in [0.2, 0.25) is 0 Å². The molecular formula is C17H15F3N4O2. The van der Waals surface area contributed by atoms with E-state index in [1.54, 1.807) is 18.3 Å². The van der Waals surface area contributed by atoms with E-state index in [2.05, 4.69) is 10.4 Å². The molecule has 4 N–H and O–H groups in total. The van der Waals surface area contributed by atoms with Crippen molar-refractivity contribution in [3.05, 3.63) is 65.5 Å². The van der Waals surface area contributed by atoms with Gasteiger partial charge in [-0.05, 0) is 23.8 Å². The Hall–Kier alpha value is -2.91. The maximum atomic E-state index is 12.8. The van der Waals surface area contributed by atoms with Gasteiger partial charge in [-0.25, -0.2) is 4.52 Å². The van der Waals surface area contributed by atoms with Gasteiger partial charge in [-0.15, -0.1) is 0 Å². The Morgan fingerprint density at radius 1 is 1.31 bits per heavy atom. The summed E-state index contributed by atoms with van der Waals surface area (Å²) >= 11 is 0. The SMILES string of the molecule is NCc1ccn2ncc(C(=O)Nc3ccccc3C(O)C(F)(F)F)c2c1. The van der Waals surface area contributed by atoms with Gasteiger partial charge in [0, 0.05) is 24.0 Å². The Bertz CT molecular complexity index is 953. The number of nitrogens with one attached hydrogen (secondary N) is 1. The molecule has 0 aliphatic heterocycles. The molecule has 0 aliphatic carbocycles. The molecule has 1 aromatic carbocycles. The third-order valence-electron chi connectivity index (χ3n) is 3.88. The molecule has 2 aromatic heterocycles. The van der Waals surface area contributed by atoms with E-state index >= 15 is 0 Å². The van der Waals surface area contributed by atoms with Gasteiger partial charge < -0.3 is 16.2 Å². The summed E-state index contributed by atoms with van der Waals surface area (Å²) in [6.45, 7) is 0.267. The first kappa shape index (κ1) is 17.9. The minimum Gasteiger partial charge on any atom is -0.379 e. The van der Waals surface area contributed by atoms with Crippen molar-refractivity contribution in [1.82, 2.24) is 9.61 Å². The third kappa shape index (κ3) is 3.39. The summed E-state index contributed by atoms with van der Waals surface area (Å²) in [7, 11) is 0. The van der Waals surface area contributed by atoms with Crippen LogP contribution >= 0.6 is 0 Å². The van der Waals surface area contributed by atoms with Crippen LogP contribution in [0.15, 0.2) is 48.8 Å². The first-order chi connectivity index (χ1) is 12.3. The molecule has 136 valence electrons. The Balaban J connectivity index is 1.94. The fourth-order valence-corrected chi connectivity index (χ4v) is 2.54. The van der Waals surface area contributed by atoms with Crippen LogP contribution in [-0.2, 0) is 6.54 Å². The number of hydrogen-bond acceptors (Lipinski definition) is 4. The zero-order valence-corrected chi connectivity index (χ0v) is 13.4. The molecule has 1 unspecified atom stereocenters.